The number of thioether (sulfide) groups is 1. The van der Waals surface area contributed by atoms with Crippen LogP contribution in [0.2, 0.25) is 0 Å². The zero-order valence-electron chi connectivity index (χ0n) is 14.1. The van der Waals surface area contributed by atoms with Gasteiger partial charge in [0.25, 0.3) is 5.03 Å². The topological polar surface area (TPSA) is 93.4 Å². The second-order valence-corrected chi connectivity index (χ2v) is 8.59. The molecule has 7 nitrogen and oxygen atoms in total. The number of nitrogens with one attached hydrogen (secondary N) is 1. The Morgan fingerprint density at radius 1 is 1.28 bits per heavy atom. The van der Waals surface area contributed by atoms with E-state index in [0.717, 1.165) is 16.1 Å². The van der Waals surface area contributed by atoms with E-state index in [4.69, 9.17) is 0 Å². The van der Waals surface area contributed by atoms with Gasteiger partial charge in [-0.05, 0) is 42.4 Å². The van der Waals surface area contributed by atoms with Gasteiger partial charge in [0.1, 0.15) is 0 Å². The van der Waals surface area contributed by atoms with Gasteiger partial charge in [-0.2, -0.15) is 4.73 Å². The maximum absolute atomic E-state index is 12.3. The summed E-state index contributed by atoms with van der Waals surface area (Å²) in [5.41, 5.74) is 0.984. The lowest BCUT2D eigenvalue weighted by Gasteiger charge is -2.15. The van der Waals surface area contributed by atoms with Crippen LogP contribution in [0, 0.1) is 12.1 Å². The lowest BCUT2D eigenvalue weighted by molar-refractivity contribution is -0.645. The number of carbonyl (C=O) groups is 1. The van der Waals surface area contributed by atoms with Gasteiger partial charge in [0.15, 0.2) is 6.20 Å². The van der Waals surface area contributed by atoms with E-state index in [9.17, 15) is 18.4 Å². The number of carbonyl (C=O) groups excluding carboxylic acids is 1. The molecule has 1 N–H and O–H groups in total. The molecule has 2 aromatic rings. The highest BCUT2D eigenvalue weighted by Gasteiger charge is 2.20. The standard InChI is InChI=1S/C16H19N3O4S2/c1-12-7-8-13(10-14(12)25(22,23)18(2)3)17-15(20)11-24-16-6-4-5-9-19(16)21/h4-10H,11H2,1-3H3,(H,17,20). The van der Waals surface area contributed by atoms with Gasteiger partial charge in [-0.25, -0.2) is 12.7 Å². The van der Waals surface area contributed by atoms with Crippen molar-refractivity contribution >= 4 is 33.4 Å². The van der Waals surface area contributed by atoms with Gasteiger partial charge < -0.3 is 10.5 Å². The maximum Gasteiger partial charge on any atom is 0.251 e. The molecule has 0 saturated heterocycles. The van der Waals surface area contributed by atoms with E-state index in [1.807, 2.05) is 0 Å². The summed E-state index contributed by atoms with van der Waals surface area (Å²) in [7, 11) is -0.688. The van der Waals surface area contributed by atoms with Crippen LogP contribution >= 0.6 is 11.8 Å². The number of nitrogens with zero attached hydrogens (tertiary/aromatic N) is 2. The van der Waals surface area contributed by atoms with E-state index in [-0.39, 0.29) is 16.6 Å². The van der Waals surface area contributed by atoms with Crippen LogP contribution in [0.25, 0.3) is 0 Å². The van der Waals surface area contributed by atoms with Crippen LogP contribution in [-0.2, 0) is 14.8 Å². The number of hydrogen-bond acceptors (Lipinski definition) is 5. The third kappa shape index (κ3) is 4.71. The molecule has 0 aliphatic carbocycles. The van der Waals surface area contributed by atoms with Gasteiger partial charge in [0, 0.05) is 31.9 Å². The molecule has 1 heterocycles. The quantitative estimate of drug-likeness (QED) is 0.466. The summed E-state index contributed by atoms with van der Waals surface area (Å²) >= 11 is 1.10. The van der Waals surface area contributed by atoms with Crippen molar-refractivity contribution in [3.8, 4) is 0 Å². The highest BCUT2D eigenvalue weighted by molar-refractivity contribution is 7.99. The molecule has 0 aliphatic heterocycles. The maximum atomic E-state index is 12.3. The zero-order valence-corrected chi connectivity index (χ0v) is 15.7. The Hall–Kier alpha value is -2.10. The molecule has 1 amide bonds. The smallest absolute Gasteiger partial charge is 0.251 e. The summed E-state index contributed by atoms with van der Waals surface area (Å²) in [5, 5.41) is 14.6. The molecule has 0 bridgehead atoms. The average Bonchev–Trinajstić information content (AvgIpc) is 2.55. The van der Waals surface area contributed by atoms with Crippen molar-refractivity contribution in [3.05, 3.63) is 53.4 Å². The van der Waals surface area contributed by atoms with Crippen molar-refractivity contribution in [2.45, 2.75) is 16.8 Å². The van der Waals surface area contributed by atoms with Crippen molar-refractivity contribution in [3.63, 3.8) is 0 Å². The van der Waals surface area contributed by atoms with Crippen LogP contribution in [0.5, 0.6) is 0 Å². The van der Waals surface area contributed by atoms with Gasteiger partial charge in [0.2, 0.25) is 15.9 Å². The van der Waals surface area contributed by atoms with Crippen LogP contribution in [0.1, 0.15) is 5.56 Å². The Balaban J connectivity index is 2.10. The molecule has 0 spiro atoms. The van der Waals surface area contributed by atoms with Crippen LogP contribution in [0.3, 0.4) is 0 Å². The summed E-state index contributed by atoms with van der Waals surface area (Å²) in [6.45, 7) is 1.69. The molecule has 0 unspecified atom stereocenters. The first-order valence-corrected chi connectivity index (χ1v) is 9.78. The first-order valence-electron chi connectivity index (χ1n) is 7.36. The monoisotopic (exact) mass is 381 g/mol. The van der Waals surface area contributed by atoms with E-state index in [2.05, 4.69) is 5.32 Å². The highest BCUT2D eigenvalue weighted by Crippen LogP contribution is 2.23. The molecule has 0 aliphatic rings. The van der Waals surface area contributed by atoms with E-state index < -0.39 is 10.0 Å². The van der Waals surface area contributed by atoms with E-state index in [1.54, 1.807) is 37.3 Å². The van der Waals surface area contributed by atoms with E-state index in [1.165, 1.54) is 26.4 Å². The Bertz CT molecular complexity index is 883. The Morgan fingerprint density at radius 2 is 2.00 bits per heavy atom. The van der Waals surface area contributed by atoms with Crippen LogP contribution in [-0.4, -0.2) is 38.5 Å². The number of sulfonamides is 1. The number of pyridine rings is 1. The predicted molar refractivity (Wildman–Crippen MR) is 96.8 cm³/mol. The SMILES string of the molecule is Cc1ccc(NC(=O)CSc2cccc[n+]2[O-])cc1S(=O)(=O)N(C)C. The molecule has 0 radical (unpaired) electrons. The van der Waals surface area contributed by atoms with Gasteiger partial charge in [-0.15, -0.1) is 0 Å². The molecule has 0 fully saturated rings. The minimum atomic E-state index is -3.59. The minimum Gasteiger partial charge on any atom is -0.618 e. The molecule has 0 saturated carbocycles. The van der Waals surface area contributed by atoms with Crippen molar-refractivity contribution in [2.24, 2.45) is 0 Å². The fourth-order valence-corrected chi connectivity index (χ4v) is 3.87. The van der Waals surface area contributed by atoms with Crippen molar-refractivity contribution in [1.29, 1.82) is 0 Å². The first kappa shape index (κ1) is 19.2. The molecule has 9 heteroatoms. The molecular formula is C16H19N3O4S2. The fraction of sp³-hybridized carbons (Fsp3) is 0.250. The Kier molecular flexibility index (Phi) is 6.04. The number of aryl methyl sites for hydroxylation is 1. The molecule has 134 valence electrons. The normalized spacial score (nSPS) is 11.5. The summed E-state index contributed by atoms with van der Waals surface area (Å²) in [6, 6.07) is 9.66. The Labute approximate surface area is 151 Å². The number of amides is 1. The zero-order chi connectivity index (χ0) is 18.6. The second-order valence-electron chi connectivity index (χ2n) is 5.47. The minimum absolute atomic E-state index is 0.0376. The molecular weight excluding hydrogens is 362 g/mol. The van der Waals surface area contributed by atoms with Gasteiger partial charge in [-0.1, -0.05) is 6.07 Å². The van der Waals surface area contributed by atoms with Crippen LogP contribution in [0.4, 0.5) is 5.69 Å². The summed E-state index contributed by atoms with van der Waals surface area (Å²) in [5.74, 6) is -0.290. The van der Waals surface area contributed by atoms with Crippen molar-refractivity contribution in [2.75, 3.05) is 25.2 Å². The number of rotatable bonds is 6. The highest BCUT2D eigenvalue weighted by atomic mass is 32.2. The van der Waals surface area contributed by atoms with Crippen LogP contribution < -0.4 is 10.0 Å². The molecule has 25 heavy (non-hydrogen) atoms. The largest absolute Gasteiger partial charge is 0.618 e. The van der Waals surface area contributed by atoms with E-state index >= 15 is 0 Å². The number of benzene rings is 1. The second kappa shape index (κ2) is 7.85. The lowest BCUT2D eigenvalue weighted by Crippen LogP contribution is -2.28. The third-order valence-corrected chi connectivity index (χ3v) is 6.35. The van der Waals surface area contributed by atoms with Gasteiger partial charge >= 0.3 is 0 Å². The van der Waals surface area contributed by atoms with Crippen molar-refractivity contribution in [1.82, 2.24) is 4.31 Å². The molecule has 0 atom stereocenters. The van der Waals surface area contributed by atoms with Gasteiger partial charge in [0.05, 0.1) is 10.6 Å². The summed E-state index contributed by atoms with van der Waals surface area (Å²) in [4.78, 5) is 12.2. The first-order chi connectivity index (χ1) is 11.7. The fourth-order valence-electron chi connectivity index (χ4n) is 2.01. The number of anilines is 1. The third-order valence-electron chi connectivity index (χ3n) is 3.37. The summed E-state index contributed by atoms with van der Waals surface area (Å²) < 4.78 is 26.4. The number of aromatic nitrogens is 1. The predicted octanol–water partition coefficient (Wildman–Crippen LogP) is 1.61. The van der Waals surface area contributed by atoms with E-state index in [0.29, 0.717) is 21.0 Å². The van der Waals surface area contributed by atoms with Crippen molar-refractivity contribution < 1.29 is 17.9 Å². The number of hydrogen-bond donors (Lipinski definition) is 1. The molecule has 1 aromatic carbocycles. The summed E-state index contributed by atoms with van der Waals surface area (Å²) in [6.07, 6.45) is 1.36. The van der Waals surface area contributed by atoms with Gasteiger partial charge in [-0.3, -0.25) is 4.79 Å². The molecule has 1 aromatic heterocycles. The van der Waals surface area contributed by atoms with Crippen LogP contribution in [0.15, 0.2) is 52.5 Å². The lowest BCUT2D eigenvalue weighted by atomic mass is 10.2. The average molecular weight is 381 g/mol. The molecule has 2 rings (SSSR count). The Morgan fingerprint density at radius 3 is 2.64 bits per heavy atom.